The number of hydrogen-bond donors (Lipinski definition) is 1. The number of sulfonamides is 1. The first-order chi connectivity index (χ1) is 9.37. The van der Waals surface area contributed by atoms with Gasteiger partial charge in [0.15, 0.2) is 0 Å². The number of benzene rings is 1. The van der Waals surface area contributed by atoms with Crippen molar-refractivity contribution in [2.45, 2.75) is 56.7 Å². The number of aliphatic hydroxyl groups is 1. The maximum Gasteiger partial charge on any atom is 0.244 e. The van der Waals surface area contributed by atoms with Crippen LogP contribution in [0.25, 0.3) is 0 Å². The molecule has 20 heavy (non-hydrogen) atoms. The molecule has 1 aliphatic heterocycles. The zero-order valence-corrected chi connectivity index (χ0v) is 14.1. The molecular weight excluding hydrogens is 342 g/mol. The fraction of sp³-hybridized carbons (Fsp3) is 0.571. The van der Waals surface area contributed by atoms with Crippen molar-refractivity contribution in [1.82, 2.24) is 4.31 Å². The van der Waals surface area contributed by atoms with E-state index in [1.54, 1.807) is 22.5 Å². The Balaban J connectivity index is 2.44. The molecule has 6 heteroatoms. The molecule has 0 amide bonds. The molecule has 1 aromatic rings. The maximum absolute atomic E-state index is 12.9. The molecule has 0 aliphatic carbocycles. The number of rotatable bonds is 3. The fourth-order valence-corrected chi connectivity index (χ4v) is 5.81. The molecular formula is C14H20BrNO3S. The summed E-state index contributed by atoms with van der Waals surface area (Å²) < 4.78 is 27.9. The van der Waals surface area contributed by atoms with Gasteiger partial charge in [0.25, 0.3) is 0 Å². The van der Waals surface area contributed by atoms with Crippen LogP contribution in [0.3, 0.4) is 0 Å². The number of aliphatic hydroxyl groups excluding tert-OH is 1. The Bertz CT molecular complexity index is 578. The lowest BCUT2D eigenvalue weighted by Gasteiger charge is -2.37. The van der Waals surface area contributed by atoms with Gasteiger partial charge in [-0.1, -0.05) is 12.5 Å². The van der Waals surface area contributed by atoms with E-state index in [2.05, 4.69) is 15.9 Å². The highest BCUT2D eigenvalue weighted by molar-refractivity contribution is 9.10. The summed E-state index contributed by atoms with van der Waals surface area (Å²) in [6.45, 7) is 3.82. The van der Waals surface area contributed by atoms with Crippen molar-refractivity contribution in [3.63, 3.8) is 0 Å². The zero-order chi connectivity index (χ0) is 14.9. The minimum absolute atomic E-state index is 0.0215. The first kappa shape index (κ1) is 15.9. The third kappa shape index (κ3) is 2.93. The Morgan fingerprint density at radius 2 is 1.90 bits per heavy atom. The average molecular weight is 362 g/mol. The second kappa shape index (κ2) is 6.13. The van der Waals surface area contributed by atoms with Gasteiger partial charge in [-0.25, -0.2) is 8.42 Å². The average Bonchev–Trinajstić information content (AvgIpc) is 2.37. The van der Waals surface area contributed by atoms with Crippen molar-refractivity contribution in [2.75, 3.05) is 0 Å². The predicted molar refractivity (Wildman–Crippen MR) is 81.9 cm³/mol. The smallest absolute Gasteiger partial charge is 0.244 e. The predicted octanol–water partition coefficient (Wildman–Crippen LogP) is 2.89. The molecule has 4 nitrogen and oxygen atoms in total. The lowest BCUT2D eigenvalue weighted by atomic mass is 10.0. The summed E-state index contributed by atoms with van der Waals surface area (Å²) in [5, 5.41) is 9.11. The van der Waals surface area contributed by atoms with E-state index in [4.69, 9.17) is 5.11 Å². The molecule has 0 bridgehead atoms. The molecule has 0 radical (unpaired) electrons. The van der Waals surface area contributed by atoms with Gasteiger partial charge in [-0.3, -0.25) is 0 Å². The summed E-state index contributed by atoms with van der Waals surface area (Å²) in [7, 11) is -3.51. The molecule has 2 rings (SSSR count). The van der Waals surface area contributed by atoms with Gasteiger partial charge >= 0.3 is 0 Å². The quantitative estimate of drug-likeness (QED) is 0.900. The third-order valence-electron chi connectivity index (χ3n) is 3.85. The van der Waals surface area contributed by atoms with Crippen LogP contribution in [0.5, 0.6) is 0 Å². The molecule has 2 unspecified atom stereocenters. The molecule has 0 aromatic heterocycles. The summed E-state index contributed by atoms with van der Waals surface area (Å²) in [6.07, 6.45) is 2.87. The molecule has 0 saturated carbocycles. The van der Waals surface area contributed by atoms with Crippen molar-refractivity contribution < 1.29 is 13.5 Å². The van der Waals surface area contributed by atoms with Gasteiger partial charge in [-0.2, -0.15) is 4.31 Å². The second-order valence-electron chi connectivity index (χ2n) is 5.39. The molecule has 1 heterocycles. The van der Waals surface area contributed by atoms with Crippen molar-refractivity contribution in [1.29, 1.82) is 0 Å². The molecule has 1 saturated heterocycles. The van der Waals surface area contributed by atoms with Gasteiger partial charge < -0.3 is 5.11 Å². The zero-order valence-electron chi connectivity index (χ0n) is 11.7. The normalized spacial score (nSPS) is 24.8. The van der Waals surface area contributed by atoms with Gasteiger partial charge in [0.1, 0.15) is 0 Å². The van der Waals surface area contributed by atoms with Gasteiger partial charge in [-0.05, 0) is 60.3 Å². The van der Waals surface area contributed by atoms with Crippen molar-refractivity contribution in [2.24, 2.45) is 0 Å². The number of piperidine rings is 1. The summed E-state index contributed by atoms with van der Waals surface area (Å²) in [5.41, 5.74) is 0.690. The maximum atomic E-state index is 12.9. The standard InChI is InChI=1S/C14H20BrNO3S/c1-10-4-3-5-11(2)16(10)20(18,19)14-7-6-12(9-17)8-13(14)15/h6-8,10-11,17H,3-5,9H2,1-2H3. The molecule has 1 aliphatic rings. The monoisotopic (exact) mass is 361 g/mol. The van der Waals surface area contributed by atoms with E-state index in [1.165, 1.54) is 0 Å². The highest BCUT2D eigenvalue weighted by Gasteiger charge is 2.36. The lowest BCUT2D eigenvalue weighted by molar-refractivity contribution is 0.204. The molecule has 1 N–H and O–H groups in total. The summed E-state index contributed by atoms with van der Waals surface area (Å²) in [4.78, 5) is 0.273. The van der Waals surface area contributed by atoms with E-state index in [9.17, 15) is 8.42 Å². The molecule has 0 spiro atoms. The first-order valence-corrected chi connectivity index (χ1v) is 9.04. The minimum Gasteiger partial charge on any atom is -0.392 e. The Hall–Kier alpha value is -0.430. The van der Waals surface area contributed by atoms with E-state index in [0.29, 0.717) is 10.0 Å². The molecule has 1 fully saturated rings. The largest absolute Gasteiger partial charge is 0.392 e. The Labute approximate surface area is 129 Å². The van der Waals surface area contributed by atoms with Gasteiger partial charge in [-0.15, -0.1) is 0 Å². The van der Waals surface area contributed by atoms with Crippen LogP contribution in [-0.4, -0.2) is 29.9 Å². The number of nitrogens with zero attached hydrogens (tertiary/aromatic N) is 1. The van der Waals surface area contributed by atoms with Gasteiger partial charge in [0, 0.05) is 16.6 Å². The van der Waals surface area contributed by atoms with Crippen LogP contribution in [0.4, 0.5) is 0 Å². The van der Waals surface area contributed by atoms with E-state index in [1.807, 2.05) is 13.8 Å². The topological polar surface area (TPSA) is 57.6 Å². The van der Waals surface area contributed by atoms with Crippen LogP contribution in [0.2, 0.25) is 0 Å². The first-order valence-electron chi connectivity index (χ1n) is 6.80. The van der Waals surface area contributed by atoms with Gasteiger partial charge in [0.05, 0.1) is 11.5 Å². The van der Waals surface area contributed by atoms with Crippen LogP contribution in [0, 0.1) is 0 Å². The van der Waals surface area contributed by atoms with Crippen LogP contribution in [-0.2, 0) is 16.6 Å². The Kier molecular flexibility index (Phi) is 4.89. The molecule has 112 valence electrons. The highest BCUT2D eigenvalue weighted by atomic mass is 79.9. The Morgan fingerprint density at radius 1 is 1.30 bits per heavy atom. The summed E-state index contributed by atoms with van der Waals surface area (Å²) >= 11 is 3.31. The van der Waals surface area contributed by atoms with E-state index < -0.39 is 10.0 Å². The van der Waals surface area contributed by atoms with Crippen molar-refractivity contribution >= 4 is 26.0 Å². The molecule has 2 atom stereocenters. The second-order valence-corrected chi connectivity index (χ2v) is 8.05. The van der Waals surface area contributed by atoms with E-state index in [0.717, 1.165) is 19.3 Å². The number of hydrogen-bond acceptors (Lipinski definition) is 3. The van der Waals surface area contributed by atoms with Gasteiger partial charge in [0.2, 0.25) is 10.0 Å². The lowest BCUT2D eigenvalue weighted by Crippen LogP contribution is -2.47. The fourth-order valence-electron chi connectivity index (χ4n) is 2.84. The van der Waals surface area contributed by atoms with E-state index in [-0.39, 0.29) is 23.6 Å². The molecule has 1 aromatic carbocycles. The minimum atomic E-state index is -3.51. The SMILES string of the molecule is CC1CCCC(C)N1S(=O)(=O)c1ccc(CO)cc1Br. The Morgan fingerprint density at radius 3 is 2.40 bits per heavy atom. The van der Waals surface area contributed by atoms with Crippen LogP contribution >= 0.6 is 15.9 Å². The third-order valence-corrected chi connectivity index (χ3v) is 6.95. The van der Waals surface area contributed by atoms with Crippen molar-refractivity contribution in [3.8, 4) is 0 Å². The highest BCUT2D eigenvalue weighted by Crippen LogP contribution is 2.33. The summed E-state index contributed by atoms with van der Waals surface area (Å²) in [6, 6.07) is 4.92. The van der Waals surface area contributed by atoms with E-state index >= 15 is 0 Å². The van der Waals surface area contributed by atoms with Crippen LogP contribution < -0.4 is 0 Å². The van der Waals surface area contributed by atoms with Crippen LogP contribution in [0.15, 0.2) is 27.6 Å². The van der Waals surface area contributed by atoms with Crippen LogP contribution in [0.1, 0.15) is 38.7 Å². The summed E-state index contributed by atoms with van der Waals surface area (Å²) in [5.74, 6) is 0. The number of halogens is 1. The van der Waals surface area contributed by atoms with Crippen molar-refractivity contribution in [3.05, 3.63) is 28.2 Å².